The Labute approximate surface area is 812 Å². The van der Waals surface area contributed by atoms with Gasteiger partial charge in [0.25, 0.3) is 0 Å². The molecule has 1 fully saturated rings. The molecule has 6 aromatic heterocycles. The van der Waals surface area contributed by atoms with Crippen molar-refractivity contribution in [2.45, 2.75) is 207 Å². The maximum Gasteiger partial charge on any atom is 0.223 e. The molecule has 0 saturated heterocycles. The van der Waals surface area contributed by atoms with Crippen LogP contribution in [0.2, 0.25) is 5.02 Å². The van der Waals surface area contributed by atoms with Gasteiger partial charge < -0.3 is 62.8 Å². The first-order valence-electron chi connectivity index (χ1n) is 48.4. The van der Waals surface area contributed by atoms with Gasteiger partial charge in [-0.05, 0) is 128 Å². The van der Waals surface area contributed by atoms with Gasteiger partial charge in [-0.25, -0.2) is 8.78 Å². The number of aromatic hydroxyl groups is 6. The number of unbranched alkanes of at least 4 members (excludes halogenated alkanes) is 1. The molecular formula is C111H123ClF2N12O13. The van der Waals surface area contributed by atoms with E-state index < -0.39 is 0 Å². The van der Waals surface area contributed by atoms with E-state index in [-0.39, 0.29) is 103 Å². The number of hydrogen-bond acceptors (Lipinski definition) is 19. The molecule has 8 aliphatic rings. The number of hydrogen-bond donors (Lipinski definition) is 6. The van der Waals surface area contributed by atoms with Crippen LogP contribution in [0.25, 0.3) is 0 Å². The van der Waals surface area contributed by atoms with Crippen molar-refractivity contribution in [1.29, 1.82) is 0 Å². The number of rotatable bonds is 18. The fourth-order valence-electron chi connectivity index (χ4n) is 20.8. The van der Waals surface area contributed by atoms with Crippen molar-refractivity contribution < 1.29 is 44.2 Å². The van der Waals surface area contributed by atoms with Crippen LogP contribution in [-0.4, -0.2) is 127 Å². The molecule has 25 nitrogen and oxygen atoms in total. The average Bonchev–Trinajstić information content (AvgIpc) is 1.68. The van der Waals surface area contributed by atoms with Crippen LogP contribution in [0.15, 0.2) is 284 Å². The quantitative estimate of drug-likeness (QED) is 0.0465. The molecule has 0 radical (unpaired) electrons. The summed E-state index contributed by atoms with van der Waals surface area (Å²) in [6.45, 7) is 22.9. The van der Waals surface area contributed by atoms with E-state index in [1.54, 1.807) is 42.7 Å². The van der Waals surface area contributed by atoms with Gasteiger partial charge >= 0.3 is 0 Å². The van der Waals surface area contributed by atoms with E-state index in [0.29, 0.717) is 57.3 Å². The van der Waals surface area contributed by atoms with Crippen molar-refractivity contribution in [3.8, 4) is 40.2 Å². The minimum absolute atomic E-state index is 0.0679. The highest BCUT2D eigenvalue weighted by atomic mass is 35.5. The predicted molar refractivity (Wildman–Crippen MR) is 534 cm³/mol. The van der Waals surface area contributed by atoms with E-state index in [2.05, 4.69) is 123 Å². The number of halogens is 3. The molecule has 726 valence electrons. The number of pyridine rings is 6. The average molecular weight is 1910 g/mol. The van der Waals surface area contributed by atoms with Gasteiger partial charge in [0.05, 0.1) is 37.2 Å². The number of fused-ring (bicyclic) bond motifs is 7. The van der Waals surface area contributed by atoms with Crippen LogP contribution in [0.1, 0.15) is 194 Å². The highest BCUT2D eigenvalue weighted by Crippen LogP contribution is 2.43. The third-order valence-electron chi connectivity index (χ3n) is 28.5. The van der Waals surface area contributed by atoms with Crippen LogP contribution in [0, 0.1) is 17.6 Å². The minimum atomic E-state index is -0.360. The van der Waals surface area contributed by atoms with Gasteiger partial charge in [-0.15, -0.1) is 0 Å². The van der Waals surface area contributed by atoms with Gasteiger partial charge in [-0.2, -0.15) is 0 Å². The van der Waals surface area contributed by atoms with E-state index in [9.17, 15) is 68.2 Å². The molecule has 13 aromatic rings. The highest BCUT2D eigenvalue weighted by Gasteiger charge is 2.36. The molecule has 6 aliphatic heterocycles. The maximum absolute atomic E-state index is 13.9. The molecule has 0 spiro atoms. The van der Waals surface area contributed by atoms with E-state index >= 15 is 0 Å². The van der Waals surface area contributed by atoms with Gasteiger partial charge in [0.2, 0.25) is 32.6 Å². The topological polar surface area (TPSA) is 282 Å². The summed E-state index contributed by atoms with van der Waals surface area (Å²) in [6.07, 6.45) is 19.6. The molecule has 0 bridgehead atoms. The lowest BCUT2D eigenvalue weighted by Crippen LogP contribution is -2.40. The van der Waals surface area contributed by atoms with Crippen molar-refractivity contribution in [3.63, 3.8) is 0 Å². The van der Waals surface area contributed by atoms with Gasteiger partial charge in [-0.1, -0.05) is 196 Å². The van der Waals surface area contributed by atoms with Crippen LogP contribution in [-0.2, 0) is 91.6 Å². The van der Waals surface area contributed by atoms with E-state index in [1.807, 2.05) is 113 Å². The van der Waals surface area contributed by atoms with E-state index in [4.69, 9.17) is 16.3 Å². The smallest absolute Gasteiger partial charge is 0.223 e. The van der Waals surface area contributed by atoms with Crippen molar-refractivity contribution in [2.24, 2.45) is 5.92 Å². The first kappa shape index (κ1) is 98.8. The molecule has 6 atom stereocenters. The molecule has 28 heteroatoms. The second kappa shape index (κ2) is 45.6. The number of para-hydroxylation sites is 1. The lowest BCUT2D eigenvalue weighted by atomic mass is 9.89. The van der Waals surface area contributed by atoms with Crippen molar-refractivity contribution in [3.05, 3.63) is 412 Å². The zero-order valence-electron chi connectivity index (χ0n) is 79.1. The lowest BCUT2D eigenvalue weighted by molar-refractivity contribution is 0.109. The Bertz CT molecular complexity index is 6830. The first-order valence-corrected chi connectivity index (χ1v) is 48.8. The molecule has 0 amide bonds. The number of benzene rings is 7. The molecule has 139 heavy (non-hydrogen) atoms. The fourth-order valence-corrected chi connectivity index (χ4v) is 21.1. The van der Waals surface area contributed by atoms with Crippen LogP contribution < -0.4 is 37.3 Å². The summed E-state index contributed by atoms with van der Waals surface area (Å²) in [5, 5.41) is 58.2. The molecule has 12 heterocycles. The molecule has 6 unspecified atom stereocenters. The third kappa shape index (κ3) is 24.0. The Kier molecular flexibility index (Phi) is 32.4. The number of nitrogens with zero attached hydrogens (tertiary/aromatic N) is 12. The highest BCUT2D eigenvalue weighted by molar-refractivity contribution is 6.31. The van der Waals surface area contributed by atoms with Gasteiger partial charge in [0.1, 0.15) is 24.0 Å². The normalized spacial score (nSPS) is 17.4. The molecule has 6 N–H and O–H groups in total. The fraction of sp³-hybridized carbons (Fsp3) is 0.351. The predicted octanol–water partition coefficient (Wildman–Crippen LogP) is 17.6. The second-order valence-electron chi connectivity index (χ2n) is 37.3. The number of ether oxygens (including phenoxy) is 1. The lowest BCUT2D eigenvalue weighted by Gasteiger charge is -2.39. The van der Waals surface area contributed by atoms with E-state index in [0.717, 1.165) is 183 Å². The Morgan fingerprint density at radius 2 is 0.770 bits per heavy atom. The van der Waals surface area contributed by atoms with Gasteiger partial charge in [-0.3, -0.25) is 58.2 Å². The van der Waals surface area contributed by atoms with Gasteiger partial charge in [0.15, 0.2) is 34.5 Å². The number of aromatic nitrogens is 6. The Hall–Kier alpha value is -13.3. The molecule has 1 saturated carbocycles. The molecule has 2 aliphatic carbocycles. The largest absolute Gasteiger partial charge is 0.503 e. The summed E-state index contributed by atoms with van der Waals surface area (Å²) in [5.74, 6) is 0.120. The standard InChI is InChI=1S/C23H24N2O3.C20H24N2O2.C19H24N2O2.C17H17FN2O2.C16H17ClN2O2.C16H17FN2O2/c1-17(24-11-12-25-15-22(27)21(26)13-19(25)14-24)20-9-5-6-10-23(20)28-16-18-7-3-2-4-8-18;23-18-12-17-13-22(11-10-21(17)14-19(18)24)20(16-8-4-5-9-16)15-6-2-1-3-7-15;1-2-3-9-17(15-7-5-4-6-8-15)21-11-10-20-14-19(23)18(22)12-16(20)13-21;18-14-3-1-2-13-12(14)4-5-15(13)20-7-6-19-10-17(22)16(21)8-11(19)9-20;1-11(13-4-2-3-5-14(13)17)18-6-7-19-10-16(21)15(20)8-12(19)9-18;1-11(12-3-2-4-13(17)7-12)18-5-6-19-10-16(21)15(20)8-14(19)9-18/h2-10,13,15,17,27H,11-12,14,16H2,1H3;1-3,6-7,12,14,16,20,24H,4-5,8-11,13H2;4-8,12,14,17,23H,2-3,9-11,13H2,1H3;1-3,8,10,15,22H,4-7,9H2;2-5,8,10-11,21H,6-7,9H2,1H3;2-4,7-8,10-11,21H,5-6,9H2,1H3. The third-order valence-corrected chi connectivity index (χ3v) is 28.9. The minimum Gasteiger partial charge on any atom is -0.503 e. The van der Waals surface area contributed by atoms with Crippen LogP contribution >= 0.6 is 11.6 Å². The monoisotopic (exact) mass is 1900 g/mol. The maximum atomic E-state index is 13.9. The van der Waals surface area contributed by atoms with Crippen LogP contribution in [0.4, 0.5) is 8.78 Å². The van der Waals surface area contributed by atoms with Gasteiger partial charge in [0, 0.05) is 235 Å². The summed E-state index contributed by atoms with van der Waals surface area (Å²) >= 11 is 6.27. The molecule has 21 rings (SSSR count). The zero-order chi connectivity index (χ0) is 97.5. The van der Waals surface area contributed by atoms with Crippen LogP contribution in [0.5, 0.6) is 40.2 Å². The Balaban J connectivity index is 0.000000121. The molecular weight excluding hydrogens is 1780 g/mol. The van der Waals surface area contributed by atoms with Crippen molar-refractivity contribution >= 4 is 11.6 Å². The summed E-state index contributed by atoms with van der Waals surface area (Å²) in [6, 6.07) is 70.0. The summed E-state index contributed by atoms with van der Waals surface area (Å²) in [4.78, 5) is 84.2. The zero-order valence-corrected chi connectivity index (χ0v) is 79.9. The van der Waals surface area contributed by atoms with Crippen molar-refractivity contribution in [1.82, 2.24) is 56.8 Å². The van der Waals surface area contributed by atoms with Crippen LogP contribution in [0.3, 0.4) is 0 Å². The Morgan fingerprint density at radius 1 is 0.381 bits per heavy atom. The summed E-state index contributed by atoms with van der Waals surface area (Å²) in [7, 11) is 0. The van der Waals surface area contributed by atoms with E-state index in [1.165, 1.54) is 111 Å². The SMILES string of the molecule is CC(c1cccc(F)c1)N1CCn2cc(O)c(=O)cc2C1.CC(c1ccccc1Cl)N1CCn2cc(O)c(=O)cc2C1.CC(c1ccccc1OCc1ccccc1)N1CCn2cc(O)c(=O)cc2C1.CCCCC(c1ccccc1)N1CCn2cc(O)c(=O)cc2C1.O=c1cc2n(cc1O)CCN(C(c1ccccc1)C1CCCC1)C2.O=c1cc2n(cc1O)CCN(C1CCc3c(F)cccc31)C2. The first-order chi connectivity index (χ1) is 67.3. The Morgan fingerprint density at radius 3 is 1.25 bits per heavy atom. The summed E-state index contributed by atoms with van der Waals surface area (Å²) in [5.41, 5.74) is 12.6. The molecule has 7 aromatic carbocycles. The van der Waals surface area contributed by atoms with Crippen molar-refractivity contribution in [2.75, 3.05) is 39.3 Å². The summed E-state index contributed by atoms with van der Waals surface area (Å²) < 4.78 is 45.1. The second-order valence-corrected chi connectivity index (χ2v) is 37.7.